The molecule has 0 aromatic rings. The average molecular weight is 410 g/mol. The molecule has 0 aromatic heterocycles. The standard InChI is InChI=1S/C16H34N4.HI/c1-6-17-16(18-11-13(2)3)19-12-15(14(4)5)20-9-7-8-10-20;/h13-15H,6-12H2,1-5H3,(H2,17,18,19);1H. The van der Waals surface area contributed by atoms with E-state index < -0.39 is 0 Å². The molecule has 4 nitrogen and oxygen atoms in total. The van der Waals surface area contributed by atoms with Gasteiger partial charge in [-0.1, -0.05) is 27.7 Å². The number of hydrogen-bond donors (Lipinski definition) is 2. The molecule has 1 aliphatic heterocycles. The summed E-state index contributed by atoms with van der Waals surface area (Å²) in [4.78, 5) is 7.28. The van der Waals surface area contributed by atoms with E-state index in [0.717, 1.165) is 25.6 Å². The molecule has 126 valence electrons. The van der Waals surface area contributed by atoms with Crippen molar-refractivity contribution in [2.24, 2.45) is 16.8 Å². The monoisotopic (exact) mass is 410 g/mol. The van der Waals surface area contributed by atoms with Crippen LogP contribution in [0.5, 0.6) is 0 Å². The van der Waals surface area contributed by atoms with Gasteiger partial charge in [0.05, 0.1) is 0 Å². The minimum absolute atomic E-state index is 0. The van der Waals surface area contributed by atoms with Crippen LogP contribution in [0.15, 0.2) is 4.99 Å². The van der Waals surface area contributed by atoms with Gasteiger partial charge in [-0.15, -0.1) is 24.0 Å². The molecule has 21 heavy (non-hydrogen) atoms. The lowest BCUT2D eigenvalue weighted by molar-refractivity contribution is 0.192. The van der Waals surface area contributed by atoms with E-state index in [0.29, 0.717) is 17.9 Å². The zero-order chi connectivity index (χ0) is 15.0. The summed E-state index contributed by atoms with van der Waals surface area (Å²) in [6, 6.07) is 0.611. The van der Waals surface area contributed by atoms with Crippen molar-refractivity contribution >= 4 is 29.9 Å². The normalized spacial score (nSPS) is 18.0. The first kappa shape index (κ1) is 21.0. The molecule has 1 saturated heterocycles. The van der Waals surface area contributed by atoms with Crippen molar-refractivity contribution in [1.82, 2.24) is 15.5 Å². The van der Waals surface area contributed by atoms with Crippen LogP contribution < -0.4 is 10.6 Å². The van der Waals surface area contributed by atoms with Gasteiger partial charge >= 0.3 is 0 Å². The molecule has 0 aliphatic carbocycles. The Labute approximate surface area is 148 Å². The fourth-order valence-electron chi connectivity index (χ4n) is 2.68. The first-order chi connectivity index (χ1) is 9.54. The number of hydrogen-bond acceptors (Lipinski definition) is 2. The molecule has 2 N–H and O–H groups in total. The summed E-state index contributed by atoms with van der Waals surface area (Å²) < 4.78 is 0. The van der Waals surface area contributed by atoms with Crippen molar-refractivity contribution in [3.05, 3.63) is 0 Å². The largest absolute Gasteiger partial charge is 0.357 e. The maximum absolute atomic E-state index is 4.65. The van der Waals surface area contributed by atoms with Gasteiger partial charge in [0.25, 0.3) is 0 Å². The Morgan fingerprint density at radius 1 is 1.10 bits per heavy atom. The van der Waals surface area contributed by atoms with E-state index in [4.69, 9.17) is 0 Å². The number of likely N-dealkylation sites (tertiary alicyclic amines) is 1. The number of aliphatic imine (C=N–C) groups is 1. The third-order valence-corrected chi connectivity index (χ3v) is 3.82. The van der Waals surface area contributed by atoms with Gasteiger partial charge in [-0.05, 0) is 44.7 Å². The fourth-order valence-corrected chi connectivity index (χ4v) is 2.68. The van der Waals surface area contributed by atoms with Crippen molar-refractivity contribution in [2.75, 3.05) is 32.7 Å². The Hall–Kier alpha value is -0.0400. The molecule has 1 atom stereocenters. The lowest BCUT2D eigenvalue weighted by Crippen LogP contribution is -2.48. The van der Waals surface area contributed by atoms with E-state index in [1.54, 1.807) is 0 Å². The molecule has 0 bridgehead atoms. The topological polar surface area (TPSA) is 39.7 Å². The van der Waals surface area contributed by atoms with Crippen LogP contribution in [0.3, 0.4) is 0 Å². The SMILES string of the molecule is CCNC(=NCC(C)C)NCC(C(C)C)N1CCCC1.I. The minimum Gasteiger partial charge on any atom is -0.357 e. The molecule has 0 aromatic carbocycles. The van der Waals surface area contributed by atoms with Crippen molar-refractivity contribution in [3.63, 3.8) is 0 Å². The summed E-state index contributed by atoms with van der Waals surface area (Å²) in [5.41, 5.74) is 0. The molecule has 0 radical (unpaired) electrons. The summed E-state index contributed by atoms with van der Waals surface area (Å²) in [7, 11) is 0. The first-order valence-corrected chi connectivity index (χ1v) is 8.30. The van der Waals surface area contributed by atoms with Gasteiger partial charge in [0, 0.05) is 25.7 Å². The van der Waals surface area contributed by atoms with Gasteiger partial charge in [0.15, 0.2) is 5.96 Å². The van der Waals surface area contributed by atoms with Crippen LogP contribution >= 0.6 is 24.0 Å². The zero-order valence-corrected chi connectivity index (χ0v) is 16.8. The van der Waals surface area contributed by atoms with Crippen LogP contribution in [0, 0.1) is 11.8 Å². The Morgan fingerprint density at radius 3 is 2.19 bits per heavy atom. The van der Waals surface area contributed by atoms with Gasteiger partial charge in [-0.2, -0.15) is 0 Å². The number of rotatable bonds is 7. The molecule has 0 saturated carbocycles. The summed E-state index contributed by atoms with van der Waals surface area (Å²) in [5.74, 6) is 2.24. The first-order valence-electron chi connectivity index (χ1n) is 8.30. The number of nitrogens with one attached hydrogen (secondary N) is 2. The molecule has 1 unspecified atom stereocenters. The van der Waals surface area contributed by atoms with E-state index in [1.807, 2.05) is 0 Å². The highest BCUT2D eigenvalue weighted by Crippen LogP contribution is 2.17. The maximum atomic E-state index is 4.65. The molecule has 1 aliphatic rings. The van der Waals surface area contributed by atoms with Gasteiger partial charge in [0.1, 0.15) is 0 Å². The molecular formula is C16H35IN4. The lowest BCUT2D eigenvalue weighted by atomic mass is 10.0. The Bertz CT molecular complexity index is 286. The predicted molar refractivity (Wildman–Crippen MR) is 104 cm³/mol. The van der Waals surface area contributed by atoms with Crippen LogP contribution in [-0.4, -0.2) is 49.6 Å². The Kier molecular flexibility index (Phi) is 11.5. The lowest BCUT2D eigenvalue weighted by Gasteiger charge is -2.31. The third kappa shape index (κ3) is 8.24. The van der Waals surface area contributed by atoms with Gasteiger partial charge < -0.3 is 10.6 Å². The predicted octanol–water partition coefficient (Wildman–Crippen LogP) is 2.94. The van der Waals surface area contributed by atoms with E-state index in [1.165, 1.54) is 25.9 Å². The zero-order valence-electron chi connectivity index (χ0n) is 14.5. The smallest absolute Gasteiger partial charge is 0.191 e. The summed E-state index contributed by atoms with van der Waals surface area (Å²) in [6.45, 7) is 16.5. The maximum Gasteiger partial charge on any atom is 0.191 e. The summed E-state index contributed by atoms with van der Waals surface area (Å²) >= 11 is 0. The van der Waals surface area contributed by atoms with Crippen molar-refractivity contribution in [1.29, 1.82) is 0 Å². The van der Waals surface area contributed by atoms with E-state index in [-0.39, 0.29) is 24.0 Å². The van der Waals surface area contributed by atoms with Crippen LogP contribution in [0.25, 0.3) is 0 Å². The Morgan fingerprint density at radius 2 is 1.71 bits per heavy atom. The second-order valence-electron chi connectivity index (χ2n) is 6.55. The van der Waals surface area contributed by atoms with Crippen LogP contribution in [-0.2, 0) is 0 Å². The molecular weight excluding hydrogens is 375 g/mol. The van der Waals surface area contributed by atoms with E-state index in [2.05, 4.69) is 55.1 Å². The van der Waals surface area contributed by atoms with Crippen LogP contribution in [0.2, 0.25) is 0 Å². The Balaban J connectivity index is 0.00000400. The van der Waals surface area contributed by atoms with Crippen molar-refractivity contribution in [3.8, 4) is 0 Å². The number of nitrogens with zero attached hydrogens (tertiary/aromatic N) is 2. The highest BCUT2D eigenvalue weighted by molar-refractivity contribution is 14.0. The van der Waals surface area contributed by atoms with Gasteiger partial charge in [-0.3, -0.25) is 9.89 Å². The quantitative estimate of drug-likeness (QED) is 0.385. The van der Waals surface area contributed by atoms with Crippen molar-refractivity contribution in [2.45, 2.75) is 53.5 Å². The van der Waals surface area contributed by atoms with E-state index in [9.17, 15) is 0 Å². The average Bonchev–Trinajstić information content (AvgIpc) is 2.89. The highest BCUT2D eigenvalue weighted by atomic mass is 127. The molecule has 0 spiro atoms. The minimum atomic E-state index is 0. The highest BCUT2D eigenvalue weighted by Gasteiger charge is 2.24. The van der Waals surface area contributed by atoms with Crippen LogP contribution in [0.4, 0.5) is 0 Å². The second kappa shape index (κ2) is 11.5. The molecule has 1 heterocycles. The number of halogens is 1. The molecule has 0 amide bonds. The summed E-state index contributed by atoms with van der Waals surface area (Å²) in [6.07, 6.45) is 2.70. The van der Waals surface area contributed by atoms with Gasteiger partial charge in [-0.25, -0.2) is 0 Å². The molecule has 5 heteroatoms. The number of guanidine groups is 1. The molecule has 1 fully saturated rings. The fraction of sp³-hybridized carbons (Fsp3) is 0.938. The second-order valence-corrected chi connectivity index (χ2v) is 6.55. The van der Waals surface area contributed by atoms with Gasteiger partial charge in [0.2, 0.25) is 0 Å². The summed E-state index contributed by atoms with van der Waals surface area (Å²) in [5, 5.41) is 6.87. The van der Waals surface area contributed by atoms with Crippen LogP contribution in [0.1, 0.15) is 47.5 Å². The van der Waals surface area contributed by atoms with E-state index >= 15 is 0 Å². The molecule has 1 rings (SSSR count). The third-order valence-electron chi connectivity index (χ3n) is 3.82. The van der Waals surface area contributed by atoms with Crippen molar-refractivity contribution < 1.29 is 0 Å².